The number of aliphatic hydroxyl groups is 1. The van der Waals surface area contributed by atoms with Gasteiger partial charge in [-0.2, -0.15) is 0 Å². The van der Waals surface area contributed by atoms with Crippen LogP contribution in [-0.2, 0) is 14.3 Å². The van der Waals surface area contributed by atoms with E-state index in [1.165, 1.54) is 6.07 Å². The third kappa shape index (κ3) is 4.64. The number of nitrogens with one attached hydrogen (secondary N) is 1. The molecule has 4 fully saturated rings. The van der Waals surface area contributed by atoms with Crippen molar-refractivity contribution in [1.82, 2.24) is 14.9 Å². The number of rotatable bonds is 5. The van der Waals surface area contributed by atoms with Gasteiger partial charge in [0.1, 0.15) is 24.0 Å². The monoisotopic (exact) mass is 536 g/mol. The normalized spacial score (nSPS) is 27.4. The number of nitrogens with zero attached hydrogens (tertiary/aromatic N) is 3. The van der Waals surface area contributed by atoms with E-state index >= 15 is 4.39 Å². The average Bonchev–Trinajstić information content (AvgIpc) is 3.76. The molecule has 10 heteroatoms. The van der Waals surface area contributed by atoms with Gasteiger partial charge in [0.2, 0.25) is 5.91 Å². The Morgan fingerprint density at radius 1 is 1.03 bits per heavy atom. The van der Waals surface area contributed by atoms with Crippen LogP contribution in [0.15, 0.2) is 36.4 Å². The van der Waals surface area contributed by atoms with Crippen LogP contribution in [0.4, 0.5) is 10.1 Å². The molecule has 0 saturated carbocycles. The van der Waals surface area contributed by atoms with Crippen molar-refractivity contribution < 1.29 is 28.5 Å². The predicted molar refractivity (Wildman–Crippen MR) is 142 cm³/mol. The summed E-state index contributed by atoms with van der Waals surface area (Å²) in [5, 5.41) is 9.94. The number of H-pyrrole nitrogens is 1. The van der Waals surface area contributed by atoms with Gasteiger partial charge in [-0.3, -0.25) is 4.79 Å². The van der Waals surface area contributed by atoms with Crippen LogP contribution in [-0.4, -0.2) is 89.7 Å². The molecule has 4 atom stereocenters. The first-order valence-corrected chi connectivity index (χ1v) is 13.9. The summed E-state index contributed by atoms with van der Waals surface area (Å²) in [4.78, 5) is 24.7. The molecular formula is C29H33FN4O5. The number of aromatic amines is 1. The van der Waals surface area contributed by atoms with E-state index in [1.54, 1.807) is 6.07 Å². The van der Waals surface area contributed by atoms with E-state index in [2.05, 4.69) is 14.9 Å². The van der Waals surface area contributed by atoms with Crippen LogP contribution in [0.1, 0.15) is 25.7 Å². The highest BCUT2D eigenvalue weighted by atomic mass is 19.1. The average molecular weight is 537 g/mol. The number of anilines is 1. The van der Waals surface area contributed by atoms with E-state index in [0.717, 1.165) is 57.5 Å². The second kappa shape index (κ2) is 10.1. The number of carbonyl (C=O) groups is 1. The number of hydrogen-bond acceptors (Lipinski definition) is 7. The molecule has 7 rings (SSSR count). The maximum atomic E-state index is 15.1. The Labute approximate surface area is 225 Å². The third-order valence-electron chi connectivity index (χ3n) is 8.56. The van der Waals surface area contributed by atoms with Crippen molar-refractivity contribution >= 4 is 22.6 Å². The molecule has 0 unspecified atom stereocenters. The third-order valence-corrected chi connectivity index (χ3v) is 8.56. The molecule has 0 aliphatic carbocycles. The van der Waals surface area contributed by atoms with E-state index in [4.69, 9.17) is 14.2 Å². The summed E-state index contributed by atoms with van der Waals surface area (Å²) in [5.41, 5.74) is 3.18. The van der Waals surface area contributed by atoms with Gasteiger partial charge in [0.05, 0.1) is 24.2 Å². The van der Waals surface area contributed by atoms with Gasteiger partial charge in [0, 0.05) is 55.5 Å². The van der Waals surface area contributed by atoms with Gasteiger partial charge in [-0.15, -0.1) is 0 Å². The summed E-state index contributed by atoms with van der Waals surface area (Å²) in [6.45, 7) is 4.04. The second-order valence-corrected chi connectivity index (χ2v) is 11.0. The van der Waals surface area contributed by atoms with E-state index in [1.807, 2.05) is 29.2 Å². The Kier molecular flexibility index (Phi) is 6.41. The highest BCUT2D eigenvalue weighted by Crippen LogP contribution is 2.33. The van der Waals surface area contributed by atoms with Gasteiger partial charge < -0.3 is 34.1 Å². The molecule has 0 spiro atoms. The van der Waals surface area contributed by atoms with Gasteiger partial charge in [0.25, 0.3) is 0 Å². The van der Waals surface area contributed by atoms with Gasteiger partial charge >= 0.3 is 0 Å². The minimum absolute atomic E-state index is 0.124. The first-order chi connectivity index (χ1) is 19.0. The van der Waals surface area contributed by atoms with E-state index in [0.29, 0.717) is 35.0 Å². The van der Waals surface area contributed by atoms with Crippen molar-refractivity contribution in [3.63, 3.8) is 0 Å². The summed E-state index contributed by atoms with van der Waals surface area (Å²) < 4.78 is 32.4. The zero-order valence-corrected chi connectivity index (χ0v) is 21.7. The number of ether oxygens (including phenoxy) is 3. The number of likely N-dealkylation sites (tertiary alicyclic amines) is 1. The number of fused-ring (bicyclic) bond motifs is 2. The van der Waals surface area contributed by atoms with Crippen molar-refractivity contribution in [3.05, 3.63) is 42.2 Å². The summed E-state index contributed by atoms with van der Waals surface area (Å²) in [7, 11) is 0. The Morgan fingerprint density at radius 2 is 1.77 bits per heavy atom. The number of halogens is 1. The standard InChI is InChI=1S/C29H33FN4O5/c30-20-13-21-22(14-25(31-21)39-24-16-38-27-23(35)15-37-28(24)27)32-26(20)17-3-5-19(6-4-17)33-11-7-18(8-12-33)29(36)34-9-1-2-10-34/h3-6,13-14,18,23-24,27-28,31,35H,1-2,7-12,15-16H2/t23-,24-,27-,28-/m1/s1. The van der Waals surface area contributed by atoms with Gasteiger partial charge in [-0.05, 0) is 37.8 Å². The number of pyridine rings is 1. The molecule has 2 N–H and O–H groups in total. The summed E-state index contributed by atoms with van der Waals surface area (Å²) in [5.74, 6) is 0.481. The van der Waals surface area contributed by atoms with E-state index in [9.17, 15) is 9.90 Å². The number of carbonyl (C=O) groups excluding carboxylic acids is 1. The van der Waals surface area contributed by atoms with E-state index < -0.39 is 11.9 Å². The largest absolute Gasteiger partial charge is 0.470 e. The Morgan fingerprint density at radius 3 is 2.54 bits per heavy atom. The molecule has 4 saturated heterocycles. The van der Waals surface area contributed by atoms with Crippen molar-refractivity contribution in [2.45, 2.75) is 50.1 Å². The van der Waals surface area contributed by atoms with Crippen LogP contribution >= 0.6 is 0 Å². The topological polar surface area (TPSA) is 100 Å². The van der Waals surface area contributed by atoms with Crippen molar-refractivity contribution in [1.29, 1.82) is 0 Å². The molecule has 0 bridgehead atoms. The molecule has 0 radical (unpaired) electrons. The fraction of sp³-hybridized carbons (Fsp3) is 0.517. The summed E-state index contributed by atoms with van der Waals surface area (Å²) in [6, 6.07) is 11.0. The molecule has 206 valence electrons. The molecule has 2 aromatic heterocycles. The zero-order chi connectivity index (χ0) is 26.5. The van der Waals surface area contributed by atoms with Crippen LogP contribution in [0.2, 0.25) is 0 Å². The van der Waals surface area contributed by atoms with Crippen molar-refractivity contribution in [3.8, 4) is 17.1 Å². The molecule has 3 aromatic rings. The number of amides is 1. The lowest BCUT2D eigenvalue weighted by molar-refractivity contribution is -0.135. The van der Waals surface area contributed by atoms with Crippen LogP contribution in [0.3, 0.4) is 0 Å². The van der Waals surface area contributed by atoms with Crippen molar-refractivity contribution in [2.75, 3.05) is 44.3 Å². The molecule has 1 aromatic carbocycles. The Hall–Kier alpha value is -3.21. The maximum absolute atomic E-state index is 15.1. The fourth-order valence-corrected chi connectivity index (χ4v) is 6.39. The smallest absolute Gasteiger partial charge is 0.225 e. The minimum atomic E-state index is -0.646. The predicted octanol–water partition coefficient (Wildman–Crippen LogP) is 3.11. The molecule has 39 heavy (non-hydrogen) atoms. The highest BCUT2D eigenvalue weighted by molar-refractivity contribution is 5.81. The molecule has 6 heterocycles. The Bertz CT molecular complexity index is 1350. The lowest BCUT2D eigenvalue weighted by Gasteiger charge is -2.34. The highest BCUT2D eigenvalue weighted by Gasteiger charge is 2.48. The number of aromatic nitrogens is 2. The number of piperidine rings is 1. The number of aliphatic hydroxyl groups excluding tert-OH is 1. The molecule has 4 aliphatic rings. The van der Waals surface area contributed by atoms with Gasteiger partial charge in [0.15, 0.2) is 17.8 Å². The lowest BCUT2D eigenvalue weighted by atomic mass is 9.95. The van der Waals surface area contributed by atoms with Crippen LogP contribution in [0.5, 0.6) is 5.88 Å². The quantitative estimate of drug-likeness (QED) is 0.517. The van der Waals surface area contributed by atoms with Gasteiger partial charge in [-0.1, -0.05) is 12.1 Å². The second-order valence-electron chi connectivity index (χ2n) is 11.0. The SMILES string of the molecule is O=C(C1CCN(c2ccc(-c3nc4cc(O[C@@H]5CO[C@H]6[C@@H]5OC[C@H]6O)[nH]c4cc3F)cc2)CC1)N1CCCC1. The molecule has 4 aliphatic heterocycles. The van der Waals surface area contributed by atoms with Crippen LogP contribution in [0.25, 0.3) is 22.3 Å². The molecule has 9 nitrogen and oxygen atoms in total. The van der Waals surface area contributed by atoms with Crippen LogP contribution in [0, 0.1) is 11.7 Å². The molecular weight excluding hydrogens is 503 g/mol. The summed E-state index contributed by atoms with van der Waals surface area (Å²) in [6.07, 6.45) is 2.25. The minimum Gasteiger partial charge on any atom is -0.470 e. The number of benzene rings is 1. The maximum Gasteiger partial charge on any atom is 0.225 e. The Balaban J connectivity index is 1.02. The number of hydrogen-bond donors (Lipinski definition) is 2. The van der Waals surface area contributed by atoms with Crippen LogP contribution < -0.4 is 9.64 Å². The first-order valence-electron chi connectivity index (χ1n) is 13.9. The van der Waals surface area contributed by atoms with Gasteiger partial charge in [-0.25, -0.2) is 9.37 Å². The lowest BCUT2D eigenvalue weighted by Crippen LogP contribution is -2.41. The first kappa shape index (κ1) is 24.8. The zero-order valence-electron chi connectivity index (χ0n) is 21.7. The fourth-order valence-electron chi connectivity index (χ4n) is 6.39. The molecule has 1 amide bonds. The summed E-state index contributed by atoms with van der Waals surface area (Å²) >= 11 is 0. The van der Waals surface area contributed by atoms with Crippen molar-refractivity contribution in [2.24, 2.45) is 5.92 Å². The van der Waals surface area contributed by atoms with E-state index in [-0.39, 0.29) is 36.5 Å².